The molecule has 0 amide bonds. The van der Waals surface area contributed by atoms with Crippen molar-refractivity contribution in [3.8, 4) is 17.6 Å². The van der Waals surface area contributed by atoms with E-state index in [0.717, 1.165) is 32.9 Å². The fraction of sp³-hybridized carbons (Fsp3) is 0.0714. The quantitative estimate of drug-likeness (QED) is 0.243. The molecular formula is C28H19Cl2N3O2. The Balaban J connectivity index is 1.59. The second kappa shape index (κ2) is 9.71. The largest absolute Gasteiger partial charge is 0.497 e. The molecule has 0 aliphatic heterocycles. The molecule has 4 aromatic carbocycles. The van der Waals surface area contributed by atoms with Gasteiger partial charge in [-0.1, -0.05) is 59.6 Å². The van der Waals surface area contributed by atoms with Crippen LogP contribution in [-0.4, -0.2) is 17.1 Å². The van der Waals surface area contributed by atoms with E-state index in [0.29, 0.717) is 32.9 Å². The third-order valence-corrected chi connectivity index (χ3v) is 6.27. The topological polar surface area (TPSA) is 70.9 Å². The van der Waals surface area contributed by atoms with Crippen molar-refractivity contribution in [2.75, 3.05) is 7.11 Å². The summed E-state index contributed by atoms with van der Waals surface area (Å²) in [4.78, 5) is 7.83. The summed E-state index contributed by atoms with van der Waals surface area (Å²) in [5, 5.41) is 13.1. The number of hydrogen-bond acceptors (Lipinski definition) is 4. The highest BCUT2D eigenvalue weighted by Crippen LogP contribution is 2.33. The van der Waals surface area contributed by atoms with Gasteiger partial charge in [-0.15, -0.1) is 0 Å². The molecule has 0 bridgehead atoms. The number of methoxy groups -OCH3 is 1. The monoisotopic (exact) mass is 499 g/mol. The second-order valence-corrected chi connectivity index (χ2v) is 8.70. The van der Waals surface area contributed by atoms with E-state index in [1.165, 1.54) is 0 Å². The Morgan fingerprint density at radius 2 is 1.91 bits per heavy atom. The lowest BCUT2D eigenvalue weighted by atomic mass is 10.0. The standard InChI is InChI=1S/C28H19Cl2N3O2/c1-34-21-9-10-25-26(14-21)33-28(32-25)19(15-31)12-23-22-5-3-2-4-17(22)7-11-27(23)35-16-18-6-8-20(29)13-24(18)30/h2-14H,16H2,1H3,(H,32,33)/b19-12-. The van der Waals surface area contributed by atoms with Crippen LogP contribution in [0.3, 0.4) is 0 Å². The number of aromatic amines is 1. The number of H-pyrrole nitrogens is 1. The lowest BCUT2D eigenvalue weighted by Crippen LogP contribution is -1.99. The first kappa shape index (κ1) is 22.8. The number of rotatable bonds is 6. The van der Waals surface area contributed by atoms with Crippen LogP contribution in [0, 0.1) is 11.3 Å². The molecule has 1 aromatic heterocycles. The van der Waals surface area contributed by atoms with Crippen molar-refractivity contribution in [1.82, 2.24) is 9.97 Å². The number of imidazole rings is 1. The van der Waals surface area contributed by atoms with Gasteiger partial charge in [-0.05, 0) is 47.2 Å². The first-order valence-corrected chi connectivity index (χ1v) is 11.6. The van der Waals surface area contributed by atoms with Crippen molar-refractivity contribution in [3.63, 3.8) is 0 Å². The van der Waals surface area contributed by atoms with Gasteiger partial charge in [0.05, 0.1) is 23.7 Å². The van der Waals surface area contributed by atoms with Crippen LogP contribution in [0.5, 0.6) is 11.5 Å². The second-order valence-electron chi connectivity index (χ2n) is 7.86. The molecule has 0 aliphatic rings. The van der Waals surface area contributed by atoms with Crippen molar-refractivity contribution in [2.45, 2.75) is 6.61 Å². The summed E-state index contributed by atoms with van der Waals surface area (Å²) < 4.78 is 11.5. The van der Waals surface area contributed by atoms with E-state index in [1.54, 1.807) is 25.3 Å². The van der Waals surface area contributed by atoms with Gasteiger partial charge in [0.25, 0.3) is 0 Å². The molecule has 0 spiro atoms. The Labute approximate surface area is 212 Å². The Hall–Kier alpha value is -3.98. The van der Waals surface area contributed by atoms with Crippen LogP contribution in [0.1, 0.15) is 17.0 Å². The Kier molecular flexibility index (Phi) is 6.33. The summed E-state index contributed by atoms with van der Waals surface area (Å²) in [5.74, 6) is 1.80. The van der Waals surface area contributed by atoms with E-state index >= 15 is 0 Å². The minimum atomic E-state index is 0.251. The summed E-state index contributed by atoms with van der Waals surface area (Å²) in [7, 11) is 1.61. The van der Waals surface area contributed by atoms with Crippen LogP contribution >= 0.6 is 23.2 Å². The highest BCUT2D eigenvalue weighted by molar-refractivity contribution is 6.35. The molecular weight excluding hydrogens is 481 g/mol. The maximum absolute atomic E-state index is 10.0. The van der Waals surface area contributed by atoms with Gasteiger partial charge >= 0.3 is 0 Å². The zero-order chi connectivity index (χ0) is 24.4. The van der Waals surface area contributed by atoms with E-state index < -0.39 is 0 Å². The van der Waals surface area contributed by atoms with E-state index in [-0.39, 0.29) is 6.61 Å². The summed E-state index contributed by atoms with van der Waals surface area (Å²) in [5.41, 5.74) is 3.50. The molecule has 0 unspecified atom stereocenters. The summed E-state index contributed by atoms with van der Waals surface area (Å²) in [6.45, 7) is 0.251. The molecule has 0 saturated heterocycles. The Morgan fingerprint density at radius 3 is 2.71 bits per heavy atom. The molecule has 5 rings (SSSR count). The van der Waals surface area contributed by atoms with Gasteiger partial charge in [0.1, 0.15) is 30.0 Å². The van der Waals surface area contributed by atoms with E-state index in [2.05, 4.69) is 16.0 Å². The van der Waals surface area contributed by atoms with Crippen LogP contribution in [0.25, 0.3) is 33.5 Å². The third kappa shape index (κ3) is 4.67. The van der Waals surface area contributed by atoms with Gasteiger partial charge in [-0.25, -0.2) is 4.98 Å². The number of halogens is 2. The highest BCUT2D eigenvalue weighted by Gasteiger charge is 2.14. The molecule has 35 heavy (non-hydrogen) atoms. The minimum Gasteiger partial charge on any atom is -0.497 e. The van der Waals surface area contributed by atoms with E-state index in [1.807, 2.05) is 60.7 Å². The van der Waals surface area contributed by atoms with Crippen molar-refractivity contribution >= 4 is 56.7 Å². The summed E-state index contributed by atoms with van der Waals surface area (Å²) in [6.07, 6.45) is 1.80. The molecule has 1 N–H and O–H groups in total. The zero-order valence-corrected chi connectivity index (χ0v) is 20.2. The predicted octanol–water partition coefficient (Wildman–Crippen LogP) is 7.67. The lowest BCUT2D eigenvalue weighted by Gasteiger charge is -2.13. The molecule has 0 aliphatic carbocycles. The van der Waals surface area contributed by atoms with E-state index in [9.17, 15) is 5.26 Å². The molecule has 0 radical (unpaired) electrons. The lowest BCUT2D eigenvalue weighted by molar-refractivity contribution is 0.306. The molecule has 172 valence electrons. The van der Waals surface area contributed by atoms with E-state index in [4.69, 9.17) is 32.7 Å². The number of hydrogen-bond donors (Lipinski definition) is 1. The minimum absolute atomic E-state index is 0.251. The van der Waals surface area contributed by atoms with Gasteiger partial charge in [-0.2, -0.15) is 5.26 Å². The fourth-order valence-corrected chi connectivity index (χ4v) is 4.35. The molecule has 5 nitrogen and oxygen atoms in total. The van der Waals surface area contributed by atoms with Gasteiger partial charge in [0.2, 0.25) is 0 Å². The Morgan fingerprint density at radius 1 is 1.06 bits per heavy atom. The van der Waals surface area contributed by atoms with Crippen LogP contribution in [0.4, 0.5) is 0 Å². The normalized spacial score (nSPS) is 11.5. The van der Waals surface area contributed by atoms with Crippen molar-refractivity contribution in [2.24, 2.45) is 0 Å². The Bertz CT molecular complexity index is 1630. The fourth-order valence-electron chi connectivity index (χ4n) is 3.89. The molecule has 0 saturated carbocycles. The average molecular weight is 500 g/mol. The van der Waals surface area contributed by atoms with Crippen LogP contribution in [0.2, 0.25) is 10.0 Å². The number of aromatic nitrogens is 2. The first-order chi connectivity index (χ1) is 17.1. The van der Waals surface area contributed by atoms with Crippen LogP contribution < -0.4 is 9.47 Å². The first-order valence-electron chi connectivity index (χ1n) is 10.8. The van der Waals surface area contributed by atoms with Crippen molar-refractivity contribution in [3.05, 3.63) is 99.8 Å². The predicted molar refractivity (Wildman–Crippen MR) is 141 cm³/mol. The SMILES string of the molecule is COc1ccc2nc(/C(C#N)=C\c3c(OCc4ccc(Cl)cc4Cl)ccc4ccccc34)[nH]c2c1. The number of ether oxygens (including phenoxy) is 2. The number of nitriles is 1. The number of nitrogens with one attached hydrogen (secondary N) is 1. The van der Waals surface area contributed by atoms with Crippen molar-refractivity contribution in [1.29, 1.82) is 5.26 Å². The molecule has 0 atom stereocenters. The highest BCUT2D eigenvalue weighted by atomic mass is 35.5. The molecule has 1 heterocycles. The van der Waals surface area contributed by atoms with Gasteiger partial charge in [-0.3, -0.25) is 0 Å². The number of benzene rings is 4. The van der Waals surface area contributed by atoms with Crippen LogP contribution in [0.15, 0.2) is 72.8 Å². The van der Waals surface area contributed by atoms with Crippen LogP contribution in [-0.2, 0) is 6.61 Å². The number of nitrogens with zero attached hydrogens (tertiary/aromatic N) is 2. The zero-order valence-electron chi connectivity index (χ0n) is 18.7. The third-order valence-electron chi connectivity index (χ3n) is 5.68. The molecule has 5 aromatic rings. The smallest absolute Gasteiger partial charge is 0.149 e. The summed E-state index contributed by atoms with van der Waals surface area (Å²) >= 11 is 12.4. The summed E-state index contributed by atoms with van der Waals surface area (Å²) in [6, 6.07) is 25.0. The van der Waals surface area contributed by atoms with Gasteiger partial charge < -0.3 is 14.5 Å². The van der Waals surface area contributed by atoms with Gasteiger partial charge in [0.15, 0.2) is 0 Å². The van der Waals surface area contributed by atoms with Gasteiger partial charge in [0, 0.05) is 27.2 Å². The number of fused-ring (bicyclic) bond motifs is 2. The maximum atomic E-state index is 10.0. The van der Waals surface area contributed by atoms with Crippen molar-refractivity contribution < 1.29 is 9.47 Å². The molecule has 0 fully saturated rings. The average Bonchev–Trinajstić information content (AvgIpc) is 3.30. The number of allylic oxidation sites excluding steroid dienone is 1. The maximum Gasteiger partial charge on any atom is 0.149 e. The molecule has 7 heteroatoms.